The molecular formula is C21H28N4O5. The summed E-state index contributed by atoms with van der Waals surface area (Å²) in [4.78, 5) is 40.6. The lowest BCUT2D eigenvalue weighted by molar-refractivity contribution is -0.145. The molecule has 2 aromatic rings. The first kappa shape index (κ1) is 21.9. The number of esters is 1. The van der Waals surface area contributed by atoms with Crippen LogP contribution in [-0.4, -0.2) is 65.9 Å². The van der Waals surface area contributed by atoms with Gasteiger partial charge in [-0.3, -0.25) is 19.5 Å². The summed E-state index contributed by atoms with van der Waals surface area (Å²) in [5.41, 5.74) is 7.69. The number of rotatable bonds is 7. The van der Waals surface area contributed by atoms with Gasteiger partial charge in [0.1, 0.15) is 12.6 Å². The van der Waals surface area contributed by atoms with E-state index in [0.29, 0.717) is 49.6 Å². The van der Waals surface area contributed by atoms with E-state index in [-0.39, 0.29) is 0 Å². The molecule has 1 aromatic heterocycles. The van der Waals surface area contributed by atoms with Crippen molar-refractivity contribution < 1.29 is 14.3 Å². The largest absolute Gasteiger partial charge is 0.463 e. The van der Waals surface area contributed by atoms with Crippen LogP contribution in [0.15, 0.2) is 33.9 Å². The summed E-state index contributed by atoms with van der Waals surface area (Å²) < 4.78 is 12.0. The van der Waals surface area contributed by atoms with Crippen LogP contribution in [0.25, 0.3) is 11.1 Å². The molecule has 2 heterocycles. The number of nitrogens with one attached hydrogen (secondary N) is 1. The zero-order valence-electron chi connectivity index (χ0n) is 17.3. The molecule has 1 aromatic carbocycles. The molecule has 3 N–H and O–H groups in total. The third-order valence-electron chi connectivity index (χ3n) is 5.37. The Bertz CT molecular complexity index is 990. The van der Waals surface area contributed by atoms with Gasteiger partial charge in [-0.25, -0.2) is 4.79 Å². The highest BCUT2D eigenvalue weighted by molar-refractivity contribution is 5.76. The van der Waals surface area contributed by atoms with Crippen molar-refractivity contribution in [3.63, 3.8) is 0 Å². The Kier molecular flexibility index (Phi) is 7.20. The molecule has 0 bridgehead atoms. The van der Waals surface area contributed by atoms with Crippen LogP contribution in [0.5, 0.6) is 0 Å². The van der Waals surface area contributed by atoms with Crippen LogP contribution in [-0.2, 0) is 27.7 Å². The van der Waals surface area contributed by atoms with Gasteiger partial charge >= 0.3 is 11.7 Å². The topological polar surface area (TPSA) is 120 Å². The lowest BCUT2D eigenvalue weighted by atomic mass is 10.0. The van der Waals surface area contributed by atoms with Gasteiger partial charge in [-0.15, -0.1) is 0 Å². The molecule has 0 radical (unpaired) electrons. The molecule has 9 heteroatoms. The first-order valence-corrected chi connectivity index (χ1v) is 9.98. The van der Waals surface area contributed by atoms with Crippen LogP contribution < -0.4 is 17.0 Å². The predicted molar refractivity (Wildman–Crippen MR) is 112 cm³/mol. The molecule has 0 unspecified atom stereocenters. The Balaban J connectivity index is 1.57. The molecule has 0 aliphatic carbocycles. The zero-order chi connectivity index (χ0) is 21.7. The molecule has 0 amide bonds. The second kappa shape index (κ2) is 9.84. The Morgan fingerprint density at radius 1 is 1.23 bits per heavy atom. The molecule has 162 valence electrons. The second-order valence-corrected chi connectivity index (χ2v) is 7.41. The van der Waals surface area contributed by atoms with Gasteiger partial charge in [-0.2, -0.15) is 0 Å². The van der Waals surface area contributed by atoms with Gasteiger partial charge in [-0.05, 0) is 24.5 Å². The van der Waals surface area contributed by atoms with E-state index in [1.54, 1.807) is 26.1 Å². The van der Waals surface area contributed by atoms with Crippen molar-refractivity contribution in [1.29, 1.82) is 0 Å². The number of aromatic amines is 1. The summed E-state index contributed by atoms with van der Waals surface area (Å²) >= 11 is 0. The maximum absolute atomic E-state index is 12.2. The molecule has 0 saturated carbocycles. The van der Waals surface area contributed by atoms with Crippen molar-refractivity contribution in [2.24, 2.45) is 12.8 Å². The number of carbonyl (C=O) groups is 1. The fourth-order valence-electron chi connectivity index (χ4n) is 3.42. The minimum absolute atomic E-state index is 0.306. The number of nitrogens with two attached hydrogens (primary N) is 1. The molecule has 9 nitrogen and oxygen atoms in total. The number of hydrogen-bond acceptors (Lipinski definition) is 7. The SMILES string of the molecule is Cc1c(-c2ccc(C[C@H](N)C(=O)OCCN3CCOCC3)cc2)c(=O)[nH]c(=O)n1C. The van der Waals surface area contributed by atoms with E-state index >= 15 is 0 Å². The Morgan fingerprint density at radius 2 is 1.90 bits per heavy atom. The molecule has 30 heavy (non-hydrogen) atoms. The Morgan fingerprint density at radius 3 is 2.57 bits per heavy atom. The van der Waals surface area contributed by atoms with Gasteiger partial charge in [0.25, 0.3) is 5.56 Å². The minimum atomic E-state index is -0.761. The van der Waals surface area contributed by atoms with E-state index in [0.717, 1.165) is 18.7 Å². The van der Waals surface area contributed by atoms with Gasteiger partial charge < -0.3 is 19.8 Å². The molecule has 1 saturated heterocycles. The summed E-state index contributed by atoms with van der Waals surface area (Å²) in [5, 5.41) is 0. The number of ether oxygens (including phenoxy) is 2. The third kappa shape index (κ3) is 5.24. The number of nitrogens with zero attached hydrogens (tertiary/aromatic N) is 2. The predicted octanol–water partition coefficient (Wildman–Crippen LogP) is -0.206. The van der Waals surface area contributed by atoms with Crippen LogP contribution in [0.1, 0.15) is 11.3 Å². The summed E-state index contributed by atoms with van der Waals surface area (Å²) in [5.74, 6) is -0.433. The van der Waals surface area contributed by atoms with Crippen molar-refractivity contribution in [1.82, 2.24) is 14.5 Å². The summed E-state index contributed by atoms with van der Waals surface area (Å²) in [7, 11) is 1.61. The number of aromatic nitrogens is 2. The lowest BCUT2D eigenvalue weighted by Crippen LogP contribution is -2.40. The Hall–Kier alpha value is -2.75. The first-order valence-electron chi connectivity index (χ1n) is 9.98. The van der Waals surface area contributed by atoms with Crippen molar-refractivity contribution >= 4 is 5.97 Å². The minimum Gasteiger partial charge on any atom is -0.463 e. The monoisotopic (exact) mass is 416 g/mol. The van der Waals surface area contributed by atoms with E-state index in [4.69, 9.17) is 15.2 Å². The van der Waals surface area contributed by atoms with Crippen molar-refractivity contribution in [3.8, 4) is 11.1 Å². The average molecular weight is 416 g/mol. The zero-order valence-corrected chi connectivity index (χ0v) is 17.3. The van der Waals surface area contributed by atoms with Crippen molar-refractivity contribution in [3.05, 3.63) is 56.4 Å². The number of benzene rings is 1. The highest BCUT2D eigenvalue weighted by Crippen LogP contribution is 2.19. The molecule has 1 atom stereocenters. The molecule has 1 fully saturated rings. The lowest BCUT2D eigenvalue weighted by Gasteiger charge is -2.26. The number of H-pyrrole nitrogens is 1. The number of carbonyl (C=O) groups excluding carboxylic acids is 1. The van der Waals surface area contributed by atoms with E-state index < -0.39 is 23.3 Å². The third-order valence-corrected chi connectivity index (χ3v) is 5.37. The van der Waals surface area contributed by atoms with Crippen LogP contribution in [0.3, 0.4) is 0 Å². The van der Waals surface area contributed by atoms with Crippen molar-refractivity contribution in [2.75, 3.05) is 39.5 Å². The van der Waals surface area contributed by atoms with Gasteiger partial charge in [0.15, 0.2) is 0 Å². The molecular weight excluding hydrogens is 388 g/mol. The van der Waals surface area contributed by atoms with E-state index in [9.17, 15) is 14.4 Å². The normalized spacial score (nSPS) is 15.7. The molecule has 1 aliphatic rings. The smallest absolute Gasteiger partial charge is 0.328 e. The van der Waals surface area contributed by atoms with E-state index in [2.05, 4.69) is 9.88 Å². The summed E-state index contributed by atoms with van der Waals surface area (Å²) in [6.07, 6.45) is 0.333. The first-order chi connectivity index (χ1) is 14.4. The fourth-order valence-corrected chi connectivity index (χ4v) is 3.42. The molecule has 3 rings (SSSR count). The quantitative estimate of drug-likeness (QED) is 0.600. The van der Waals surface area contributed by atoms with E-state index in [1.165, 1.54) is 4.57 Å². The van der Waals surface area contributed by atoms with Gasteiger partial charge in [0.05, 0.1) is 18.8 Å². The van der Waals surface area contributed by atoms with Crippen LogP contribution in [0.4, 0.5) is 0 Å². The maximum Gasteiger partial charge on any atom is 0.328 e. The number of hydrogen-bond donors (Lipinski definition) is 2. The van der Waals surface area contributed by atoms with Crippen LogP contribution in [0.2, 0.25) is 0 Å². The highest BCUT2D eigenvalue weighted by Gasteiger charge is 2.18. The molecule has 0 spiro atoms. The Labute approximate surface area is 174 Å². The standard InChI is InChI=1S/C21H28N4O5/c1-14-18(19(26)23-21(28)24(14)2)16-5-3-15(4-6-16)13-17(22)20(27)30-12-9-25-7-10-29-11-8-25/h3-6,17H,7-13,22H2,1-2H3,(H,23,26,28)/t17-/m0/s1. The summed E-state index contributed by atoms with van der Waals surface area (Å²) in [6.45, 7) is 5.79. The van der Waals surface area contributed by atoms with E-state index in [1.807, 2.05) is 12.1 Å². The molecule has 1 aliphatic heterocycles. The van der Waals surface area contributed by atoms with Gasteiger partial charge in [0, 0.05) is 32.4 Å². The summed E-state index contributed by atoms with van der Waals surface area (Å²) in [6, 6.07) is 6.45. The van der Waals surface area contributed by atoms with Crippen molar-refractivity contribution in [2.45, 2.75) is 19.4 Å². The number of morpholine rings is 1. The maximum atomic E-state index is 12.2. The average Bonchev–Trinajstić information content (AvgIpc) is 2.74. The van der Waals surface area contributed by atoms with Crippen LogP contribution >= 0.6 is 0 Å². The van der Waals surface area contributed by atoms with Crippen LogP contribution in [0, 0.1) is 6.92 Å². The fraction of sp³-hybridized carbons (Fsp3) is 0.476. The highest BCUT2D eigenvalue weighted by atomic mass is 16.5. The second-order valence-electron chi connectivity index (χ2n) is 7.41. The van der Waals surface area contributed by atoms with Gasteiger partial charge in [0.2, 0.25) is 0 Å². The van der Waals surface area contributed by atoms with Gasteiger partial charge in [-0.1, -0.05) is 24.3 Å².